The maximum absolute atomic E-state index is 12.7. The van der Waals surface area contributed by atoms with Crippen molar-refractivity contribution in [1.29, 1.82) is 5.26 Å². The largest absolute Gasteiger partial charge is 0.330 e. The molecule has 0 amide bonds. The van der Waals surface area contributed by atoms with Crippen LogP contribution in [-0.2, 0) is 7.05 Å². The smallest absolute Gasteiger partial charge is 0.287 e. The highest BCUT2D eigenvalue weighted by atomic mass is 35.5. The molecule has 2 aromatic carbocycles. The lowest BCUT2D eigenvalue weighted by molar-refractivity contribution is -0.384. The Balaban J connectivity index is 2.05. The minimum atomic E-state index is -1.14. The Hall–Kier alpha value is -3.24. The first-order valence-corrected chi connectivity index (χ1v) is 7.61. The number of carbonyl (C=O) groups is 1. The van der Waals surface area contributed by atoms with Crippen LogP contribution in [0.1, 0.15) is 22.1 Å². The molecule has 0 N–H and O–H groups in total. The highest BCUT2D eigenvalue weighted by Gasteiger charge is 2.28. The van der Waals surface area contributed by atoms with Gasteiger partial charge in [0.05, 0.1) is 22.0 Å². The third-order valence-corrected chi connectivity index (χ3v) is 4.20. The zero-order chi connectivity index (χ0) is 18.1. The van der Waals surface area contributed by atoms with Gasteiger partial charge in [0.15, 0.2) is 11.7 Å². The Morgan fingerprint density at radius 2 is 2.08 bits per heavy atom. The quantitative estimate of drug-likeness (QED) is 0.404. The van der Waals surface area contributed by atoms with Gasteiger partial charge in [0.25, 0.3) is 5.69 Å². The maximum atomic E-state index is 12.7. The summed E-state index contributed by atoms with van der Waals surface area (Å²) in [6.07, 6.45) is 0. The average molecular weight is 355 g/mol. The topological polar surface area (TPSA) is 102 Å². The van der Waals surface area contributed by atoms with Gasteiger partial charge in [-0.15, -0.1) is 0 Å². The minimum absolute atomic E-state index is 0.120. The molecule has 0 aliphatic carbocycles. The van der Waals surface area contributed by atoms with Gasteiger partial charge >= 0.3 is 0 Å². The van der Waals surface area contributed by atoms with Crippen LogP contribution in [0.25, 0.3) is 11.0 Å². The molecule has 0 saturated heterocycles. The van der Waals surface area contributed by atoms with Crippen LogP contribution in [0.3, 0.4) is 0 Å². The Kier molecular flexibility index (Phi) is 4.21. The van der Waals surface area contributed by atoms with Gasteiger partial charge in [-0.05, 0) is 24.3 Å². The van der Waals surface area contributed by atoms with E-state index >= 15 is 0 Å². The second kappa shape index (κ2) is 6.34. The van der Waals surface area contributed by atoms with Crippen molar-refractivity contribution in [2.45, 2.75) is 5.92 Å². The Morgan fingerprint density at radius 1 is 1.36 bits per heavy atom. The van der Waals surface area contributed by atoms with E-state index in [4.69, 9.17) is 11.6 Å². The average Bonchev–Trinajstić information content (AvgIpc) is 2.92. The number of carbonyl (C=O) groups excluding carboxylic acids is 1. The molecular weight excluding hydrogens is 344 g/mol. The van der Waals surface area contributed by atoms with Crippen LogP contribution in [0.4, 0.5) is 5.69 Å². The van der Waals surface area contributed by atoms with Gasteiger partial charge in [-0.25, -0.2) is 4.98 Å². The first-order valence-electron chi connectivity index (χ1n) is 7.23. The molecule has 7 nitrogen and oxygen atoms in total. The molecule has 0 saturated carbocycles. The summed E-state index contributed by atoms with van der Waals surface area (Å²) >= 11 is 5.86. The summed E-state index contributed by atoms with van der Waals surface area (Å²) in [5, 5.41) is 20.2. The van der Waals surface area contributed by atoms with E-state index in [1.807, 2.05) is 24.3 Å². The number of nitrogens with zero attached hydrogens (tertiary/aromatic N) is 4. The zero-order valence-corrected chi connectivity index (χ0v) is 13.8. The first kappa shape index (κ1) is 16.6. The van der Waals surface area contributed by atoms with Crippen molar-refractivity contribution >= 4 is 34.1 Å². The third-order valence-electron chi connectivity index (χ3n) is 3.90. The summed E-state index contributed by atoms with van der Waals surface area (Å²) in [6.45, 7) is 0. The van der Waals surface area contributed by atoms with Crippen LogP contribution in [0.5, 0.6) is 0 Å². The molecule has 3 aromatic rings. The Bertz CT molecular complexity index is 1050. The number of halogens is 1. The lowest BCUT2D eigenvalue weighted by atomic mass is 9.98. The highest BCUT2D eigenvalue weighted by Crippen LogP contribution is 2.29. The van der Waals surface area contributed by atoms with Gasteiger partial charge in [0.1, 0.15) is 10.8 Å². The van der Waals surface area contributed by atoms with Crippen LogP contribution < -0.4 is 0 Å². The molecular formula is C17H11ClN4O3. The number of aryl methyl sites for hydroxylation is 1. The first-order chi connectivity index (χ1) is 11.9. The monoisotopic (exact) mass is 354 g/mol. The molecule has 124 valence electrons. The summed E-state index contributed by atoms with van der Waals surface area (Å²) in [6, 6.07) is 12.9. The highest BCUT2D eigenvalue weighted by molar-refractivity contribution is 6.33. The minimum Gasteiger partial charge on any atom is -0.330 e. The van der Waals surface area contributed by atoms with E-state index in [0.717, 1.165) is 11.6 Å². The van der Waals surface area contributed by atoms with Crippen molar-refractivity contribution in [3.8, 4) is 6.07 Å². The summed E-state index contributed by atoms with van der Waals surface area (Å²) < 4.78 is 1.69. The molecule has 3 rings (SSSR count). The number of nitro groups is 1. The second-order valence-corrected chi connectivity index (χ2v) is 5.77. The van der Waals surface area contributed by atoms with Crippen LogP contribution in [0.2, 0.25) is 5.02 Å². The predicted octanol–water partition coefficient (Wildman–Crippen LogP) is 3.62. The number of ketones is 1. The molecule has 25 heavy (non-hydrogen) atoms. The van der Waals surface area contributed by atoms with Gasteiger partial charge in [0.2, 0.25) is 0 Å². The molecule has 1 aromatic heterocycles. The fourth-order valence-electron chi connectivity index (χ4n) is 2.63. The van der Waals surface area contributed by atoms with Crippen LogP contribution in [0.15, 0.2) is 42.5 Å². The van der Waals surface area contributed by atoms with E-state index in [-0.39, 0.29) is 16.3 Å². The molecule has 1 atom stereocenters. The summed E-state index contributed by atoms with van der Waals surface area (Å²) in [7, 11) is 1.73. The molecule has 0 bridgehead atoms. The van der Waals surface area contributed by atoms with E-state index in [0.29, 0.717) is 11.3 Å². The number of para-hydroxylation sites is 2. The SMILES string of the molecule is Cn1c([C@H](C#N)C(=O)c2ccc([N+](=O)[O-])c(Cl)c2)nc2ccccc21. The summed E-state index contributed by atoms with van der Waals surface area (Å²) in [5.74, 6) is -1.35. The predicted molar refractivity (Wildman–Crippen MR) is 91.5 cm³/mol. The van der Waals surface area contributed by atoms with Crippen molar-refractivity contribution in [2.24, 2.45) is 7.05 Å². The Morgan fingerprint density at radius 3 is 2.68 bits per heavy atom. The zero-order valence-electron chi connectivity index (χ0n) is 13.0. The maximum Gasteiger partial charge on any atom is 0.287 e. The normalized spacial score (nSPS) is 11.9. The second-order valence-electron chi connectivity index (χ2n) is 5.37. The fraction of sp³-hybridized carbons (Fsp3) is 0.118. The van der Waals surface area contributed by atoms with Crippen molar-refractivity contribution < 1.29 is 9.72 Å². The van der Waals surface area contributed by atoms with E-state index in [1.165, 1.54) is 12.1 Å². The van der Waals surface area contributed by atoms with Gasteiger partial charge in [-0.2, -0.15) is 5.26 Å². The molecule has 0 unspecified atom stereocenters. The number of rotatable bonds is 4. The number of imidazole rings is 1. The van der Waals surface area contributed by atoms with Gasteiger partial charge in [-0.1, -0.05) is 23.7 Å². The van der Waals surface area contributed by atoms with E-state index in [1.54, 1.807) is 17.7 Å². The molecule has 0 spiro atoms. The van der Waals surface area contributed by atoms with E-state index < -0.39 is 16.6 Å². The molecule has 0 aliphatic rings. The van der Waals surface area contributed by atoms with Gasteiger partial charge in [-0.3, -0.25) is 14.9 Å². The van der Waals surface area contributed by atoms with Crippen molar-refractivity contribution in [2.75, 3.05) is 0 Å². The third kappa shape index (κ3) is 2.84. The molecule has 8 heteroatoms. The number of nitro benzene ring substituents is 1. The Labute approximate surface area is 147 Å². The van der Waals surface area contributed by atoms with E-state index in [2.05, 4.69) is 4.98 Å². The number of fused-ring (bicyclic) bond motifs is 1. The molecule has 1 heterocycles. The van der Waals surface area contributed by atoms with Crippen molar-refractivity contribution in [3.05, 3.63) is 69.0 Å². The summed E-state index contributed by atoms with van der Waals surface area (Å²) in [5.41, 5.74) is 1.30. The molecule has 0 radical (unpaired) electrons. The number of hydrogen-bond donors (Lipinski definition) is 0. The summed E-state index contributed by atoms with van der Waals surface area (Å²) in [4.78, 5) is 27.3. The standard InChI is InChI=1S/C17H11ClN4O3/c1-21-15-5-3-2-4-13(15)20-17(21)11(9-19)16(23)10-6-7-14(22(24)25)12(18)8-10/h2-8,11H,1H3/t11-/m1/s1. The number of aromatic nitrogens is 2. The van der Waals surface area contributed by atoms with Gasteiger partial charge in [0, 0.05) is 18.7 Å². The lowest BCUT2D eigenvalue weighted by Crippen LogP contribution is -2.15. The number of hydrogen-bond acceptors (Lipinski definition) is 5. The molecule has 0 fully saturated rings. The van der Waals surface area contributed by atoms with Crippen molar-refractivity contribution in [1.82, 2.24) is 9.55 Å². The van der Waals surface area contributed by atoms with Crippen LogP contribution in [0, 0.1) is 21.4 Å². The fourth-order valence-corrected chi connectivity index (χ4v) is 2.88. The van der Waals surface area contributed by atoms with Crippen molar-refractivity contribution in [3.63, 3.8) is 0 Å². The number of nitriles is 1. The van der Waals surface area contributed by atoms with Crippen LogP contribution >= 0.6 is 11.6 Å². The molecule has 0 aliphatic heterocycles. The number of Topliss-reactive ketones (excluding diaryl/α,β-unsaturated/α-hetero) is 1. The van der Waals surface area contributed by atoms with E-state index in [9.17, 15) is 20.2 Å². The lowest BCUT2D eigenvalue weighted by Gasteiger charge is -2.09. The number of benzene rings is 2. The van der Waals surface area contributed by atoms with Gasteiger partial charge < -0.3 is 4.57 Å². The van der Waals surface area contributed by atoms with Crippen LogP contribution in [-0.4, -0.2) is 20.3 Å².